The van der Waals surface area contributed by atoms with Crippen LogP contribution in [0.3, 0.4) is 0 Å². The number of fused-ring (bicyclic) bond motifs is 1. The van der Waals surface area contributed by atoms with Crippen molar-refractivity contribution in [3.05, 3.63) is 65.3 Å². The summed E-state index contributed by atoms with van der Waals surface area (Å²) in [6.07, 6.45) is 7.62. The number of benzene rings is 1. The zero-order valence-electron chi connectivity index (χ0n) is 13.4. The molecule has 4 nitrogen and oxygen atoms in total. The molecule has 4 rings (SSSR count). The van der Waals surface area contributed by atoms with Crippen molar-refractivity contribution in [1.82, 2.24) is 19.9 Å². The highest BCUT2D eigenvalue weighted by molar-refractivity contribution is 6.30. The Morgan fingerprint density at radius 3 is 2.75 bits per heavy atom. The Morgan fingerprint density at radius 2 is 1.96 bits per heavy atom. The van der Waals surface area contributed by atoms with Gasteiger partial charge >= 0.3 is 0 Å². The maximum Gasteiger partial charge on any atom is 0.134 e. The van der Waals surface area contributed by atoms with Crippen LogP contribution in [-0.2, 0) is 6.54 Å². The molecule has 0 aliphatic carbocycles. The molecule has 1 saturated heterocycles. The molecule has 1 aliphatic heterocycles. The zero-order chi connectivity index (χ0) is 16.4. The number of aromatic nitrogens is 3. The molecule has 122 valence electrons. The molecule has 0 radical (unpaired) electrons. The minimum atomic E-state index is 0.514. The van der Waals surface area contributed by atoms with Crippen molar-refractivity contribution in [1.29, 1.82) is 0 Å². The van der Waals surface area contributed by atoms with Crippen molar-refractivity contribution in [2.45, 2.75) is 25.3 Å². The normalized spacial score (nSPS) is 16.5. The molecular weight excluding hydrogens is 320 g/mol. The van der Waals surface area contributed by atoms with Crippen LogP contribution in [0.5, 0.6) is 0 Å². The van der Waals surface area contributed by atoms with Crippen LogP contribution >= 0.6 is 11.6 Å². The Hall–Kier alpha value is -2.04. The van der Waals surface area contributed by atoms with Gasteiger partial charge in [-0.05, 0) is 38.1 Å². The molecule has 0 spiro atoms. The maximum atomic E-state index is 6.39. The summed E-state index contributed by atoms with van der Waals surface area (Å²) in [5.74, 6) is 0.514. The van der Waals surface area contributed by atoms with E-state index in [0.29, 0.717) is 11.1 Å². The molecule has 0 bridgehead atoms. The van der Waals surface area contributed by atoms with Gasteiger partial charge in [-0.25, -0.2) is 4.98 Å². The van der Waals surface area contributed by atoms with E-state index in [0.717, 1.165) is 54.6 Å². The number of para-hydroxylation sites is 1. The molecule has 3 heterocycles. The first-order chi connectivity index (χ1) is 11.8. The Bertz CT molecular complexity index is 829. The Balaban J connectivity index is 1.45. The van der Waals surface area contributed by atoms with Crippen LogP contribution in [0, 0.1) is 0 Å². The molecule has 2 aromatic heterocycles. The average molecular weight is 339 g/mol. The first-order valence-corrected chi connectivity index (χ1v) is 8.70. The van der Waals surface area contributed by atoms with Gasteiger partial charge in [0.2, 0.25) is 0 Å². The third kappa shape index (κ3) is 3.25. The SMILES string of the molecule is Clc1nc2ccccc2cc1CN1CCC(c2cnccn2)CC1. The fourth-order valence-electron chi connectivity index (χ4n) is 3.40. The lowest BCUT2D eigenvalue weighted by molar-refractivity contribution is 0.203. The highest BCUT2D eigenvalue weighted by Gasteiger charge is 2.22. The van der Waals surface area contributed by atoms with Gasteiger partial charge < -0.3 is 0 Å². The van der Waals surface area contributed by atoms with Gasteiger partial charge in [-0.3, -0.25) is 14.9 Å². The second-order valence-corrected chi connectivity index (χ2v) is 6.67. The van der Waals surface area contributed by atoms with Crippen LogP contribution in [-0.4, -0.2) is 32.9 Å². The molecular formula is C19H19ClN4. The molecule has 1 aromatic carbocycles. The van der Waals surface area contributed by atoms with E-state index in [9.17, 15) is 0 Å². The summed E-state index contributed by atoms with van der Waals surface area (Å²) in [5.41, 5.74) is 3.17. The third-order valence-electron chi connectivity index (χ3n) is 4.73. The van der Waals surface area contributed by atoms with E-state index in [2.05, 4.69) is 32.0 Å². The largest absolute Gasteiger partial charge is 0.299 e. The number of halogens is 1. The molecule has 1 aliphatic rings. The first-order valence-electron chi connectivity index (χ1n) is 8.32. The highest BCUT2D eigenvalue weighted by Crippen LogP contribution is 2.28. The summed E-state index contributed by atoms with van der Waals surface area (Å²) in [6.45, 7) is 2.94. The lowest BCUT2D eigenvalue weighted by Gasteiger charge is -2.31. The molecule has 0 saturated carbocycles. The number of piperidine rings is 1. The van der Waals surface area contributed by atoms with Gasteiger partial charge in [-0.1, -0.05) is 29.8 Å². The number of hydrogen-bond donors (Lipinski definition) is 0. The van der Waals surface area contributed by atoms with Gasteiger partial charge in [0, 0.05) is 42.0 Å². The summed E-state index contributed by atoms with van der Waals surface area (Å²) in [5, 5.41) is 1.76. The second kappa shape index (κ2) is 6.83. The standard InChI is InChI=1S/C19H19ClN4/c20-19-16(11-15-3-1-2-4-17(15)23-19)13-24-9-5-14(6-10-24)18-12-21-7-8-22-18/h1-4,7-8,11-12,14H,5-6,9-10,13H2. The van der Waals surface area contributed by atoms with Gasteiger partial charge in [0.15, 0.2) is 0 Å². The second-order valence-electron chi connectivity index (χ2n) is 6.31. The van der Waals surface area contributed by atoms with E-state index >= 15 is 0 Å². The molecule has 5 heteroatoms. The smallest absolute Gasteiger partial charge is 0.134 e. The van der Waals surface area contributed by atoms with E-state index < -0.39 is 0 Å². The Kier molecular flexibility index (Phi) is 4.41. The van der Waals surface area contributed by atoms with Crippen LogP contribution in [0.1, 0.15) is 30.0 Å². The fourth-order valence-corrected chi connectivity index (χ4v) is 3.60. The van der Waals surface area contributed by atoms with Gasteiger partial charge in [0.1, 0.15) is 5.15 Å². The van der Waals surface area contributed by atoms with Gasteiger partial charge in [-0.15, -0.1) is 0 Å². The number of likely N-dealkylation sites (tertiary alicyclic amines) is 1. The minimum absolute atomic E-state index is 0.514. The monoisotopic (exact) mass is 338 g/mol. The molecule has 1 fully saturated rings. The van der Waals surface area contributed by atoms with E-state index in [4.69, 9.17) is 11.6 Å². The number of pyridine rings is 1. The van der Waals surface area contributed by atoms with E-state index in [-0.39, 0.29) is 0 Å². The quantitative estimate of drug-likeness (QED) is 0.675. The van der Waals surface area contributed by atoms with Crippen LogP contribution in [0.15, 0.2) is 48.9 Å². The predicted molar refractivity (Wildman–Crippen MR) is 96.0 cm³/mol. The van der Waals surface area contributed by atoms with Crippen molar-refractivity contribution in [2.24, 2.45) is 0 Å². The summed E-state index contributed by atoms with van der Waals surface area (Å²) >= 11 is 6.39. The Morgan fingerprint density at radius 1 is 1.12 bits per heavy atom. The zero-order valence-corrected chi connectivity index (χ0v) is 14.2. The molecule has 0 unspecified atom stereocenters. The van der Waals surface area contributed by atoms with E-state index in [1.807, 2.05) is 24.4 Å². The van der Waals surface area contributed by atoms with Crippen LogP contribution in [0.4, 0.5) is 0 Å². The fraction of sp³-hybridized carbons (Fsp3) is 0.316. The van der Waals surface area contributed by atoms with Crippen molar-refractivity contribution >= 4 is 22.5 Å². The van der Waals surface area contributed by atoms with Crippen LogP contribution in [0.2, 0.25) is 5.15 Å². The number of rotatable bonds is 3. The third-order valence-corrected chi connectivity index (χ3v) is 5.06. The van der Waals surface area contributed by atoms with Crippen molar-refractivity contribution in [3.8, 4) is 0 Å². The van der Waals surface area contributed by atoms with Crippen molar-refractivity contribution in [3.63, 3.8) is 0 Å². The molecule has 3 aromatic rings. The number of nitrogens with zero attached hydrogens (tertiary/aromatic N) is 4. The summed E-state index contributed by atoms with van der Waals surface area (Å²) in [6, 6.07) is 10.3. The lowest BCUT2D eigenvalue weighted by Crippen LogP contribution is -2.32. The van der Waals surface area contributed by atoms with Gasteiger partial charge in [0.25, 0.3) is 0 Å². The predicted octanol–water partition coefficient (Wildman–Crippen LogP) is 4.06. The summed E-state index contributed by atoms with van der Waals surface area (Å²) < 4.78 is 0. The topological polar surface area (TPSA) is 41.9 Å². The molecule has 0 atom stereocenters. The van der Waals surface area contributed by atoms with Crippen molar-refractivity contribution in [2.75, 3.05) is 13.1 Å². The van der Waals surface area contributed by atoms with Crippen molar-refractivity contribution < 1.29 is 0 Å². The summed E-state index contributed by atoms with van der Waals surface area (Å²) in [4.78, 5) is 15.6. The van der Waals surface area contributed by atoms with Gasteiger partial charge in [0.05, 0.1) is 11.2 Å². The van der Waals surface area contributed by atoms with Gasteiger partial charge in [-0.2, -0.15) is 0 Å². The van der Waals surface area contributed by atoms with E-state index in [1.165, 1.54) is 0 Å². The minimum Gasteiger partial charge on any atom is -0.299 e. The Labute approximate surface area is 146 Å². The lowest BCUT2D eigenvalue weighted by atomic mass is 9.93. The highest BCUT2D eigenvalue weighted by atomic mass is 35.5. The molecule has 0 amide bonds. The first kappa shape index (κ1) is 15.5. The van der Waals surface area contributed by atoms with Crippen LogP contribution in [0.25, 0.3) is 10.9 Å². The van der Waals surface area contributed by atoms with E-state index in [1.54, 1.807) is 12.4 Å². The maximum absolute atomic E-state index is 6.39. The van der Waals surface area contributed by atoms with Crippen LogP contribution < -0.4 is 0 Å². The number of hydrogen-bond acceptors (Lipinski definition) is 4. The average Bonchev–Trinajstić information content (AvgIpc) is 2.64. The molecule has 0 N–H and O–H groups in total. The summed E-state index contributed by atoms with van der Waals surface area (Å²) in [7, 11) is 0. The molecule has 24 heavy (non-hydrogen) atoms.